The molecule has 0 atom stereocenters. The molecule has 0 aliphatic rings. The van der Waals surface area contributed by atoms with E-state index < -0.39 is 22.8 Å². The molecule has 0 radical (unpaired) electrons. The minimum absolute atomic E-state index is 0.654. The van der Waals surface area contributed by atoms with Gasteiger partial charge < -0.3 is 4.57 Å². The molecule has 0 aliphatic heterocycles. The molecule has 0 spiro atoms. The third-order valence-electron chi connectivity index (χ3n) is 1.98. The van der Waals surface area contributed by atoms with Crippen LogP contribution in [0.25, 0.3) is 0 Å². The quantitative estimate of drug-likeness (QED) is 0.657. The van der Waals surface area contributed by atoms with Crippen molar-refractivity contribution in [3.8, 4) is 0 Å². The van der Waals surface area contributed by atoms with Crippen molar-refractivity contribution in [2.75, 3.05) is 0 Å². The average molecular weight is 219 g/mol. The van der Waals surface area contributed by atoms with Crippen LogP contribution >= 0.6 is 0 Å². The number of halogens is 3. The molecule has 1 rings (SSSR count). The van der Waals surface area contributed by atoms with Crippen LogP contribution in [0, 0.1) is 0 Å². The first-order valence-electron chi connectivity index (χ1n) is 4.43. The fourth-order valence-corrected chi connectivity index (χ4v) is 1.24. The maximum absolute atomic E-state index is 12.4. The zero-order valence-electron chi connectivity index (χ0n) is 8.72. The Morgan fingerprint density at radius 2 is 1.73 bits per heavy atom. The molecule has 1 heterocycles. The van der Waals surface area contributed by atoms with E-state index in [2.05, 4.69) is 0 Å². The van der Waals surface area contributed by atoms with Crippen molar-refractivity contribution in [1.29, 1.82) is 0 Å². The summed E-state index contributed by atoms with van der Waals surface area (Å²) in [5, 5.41) is 0. The maximum Gasteiger partial charge on any atom is 0.421 e. The monoisotopic (exact) mass is 219 g/mol. The third-order valence-corrected chi connectivity index (χ3v) is 1.98. The lowest BCUT2D eigenvalue weighted by Gasteiger charge is -2.23. The van der Waals surface area contributed by atoms with E-state index in [-0.39, 0.29) is 0 Å². The van der Waals surface area contributed by atoms with Gasteiger partial charge in [0.15, 0.2) is 0 Å². The van der Waals surface area contributed by atoms with Gasteiger partial charge in [-0.05, 0) is 32.9 Å². The summed E-state index contributed by atoms with van der Waals surface area (Å²) in [6.45, 7) is 5.03. The Morgan fingerprint density at radius 1 is 1.20 bits per heavy atom. The molecule has 0 saturated carbocycles. The van der Waals surface area contributed by atoms with E-state index in [4.69, 9.17) is 0 Å². The SMILES string of the molecule is CC(C)(C)n1cccc(C(F)(F)F)c1=O. The number of rotatable bonds is 0. The lowest BCUT2D eigenvalue weighted by molar-refractivity contribution is -0.139. The van der Waals surface area contributed by atoms with E-state index >= 15 is 0 Å². The van der Waals surface area contributed by atoms with E-state index in [1.54, 1.807) is 20.8 Å². The van der Waals surface area contributed by atoms with E-state index in [0.29, 0.717) is 0 Å². The molecule has 0 aliphatic carbocycles. The number of hydrogen-bond acceptors (Lipinski definition) is 1. The highest BCUT2D eigenvalue weighted by Gasteiger charge is 2.35. The molecule has 0 bridgehead atoms. The standard InChI is InChI=1S/C10H12F3NO/c1-9(2,3)14-6-4-5-7(8(14)15)10(11,12)13/h4-6H,1-3H3. The summed E-state index contributed by atoms with van der Waals surface area (Å²) in [7, 11) is 0. The Labute approximate surface area is 85.3 Å². The van der Waals surface area contributed by atoms with Crippen molar-refractivity contribution in [1.82, 2.24) is 4.57 Å². The van der Waals surface area contributed by atoms with Crippen molar-refractivity contribution in [3.63, 3.8) is 0 Å². The fourth-order valence-electron chi connectivity index (χ4n) is 1.24. The molecule has 84 valence electrons. The average Bonchev–Trinajstić information content (AvgIpc) is 1.99. The minimum Gasteiger partial charge on any atom is -0.310 e. The van der Waals surface area contributed by atoms with Crippen LogP contribution < -0.4 is 5.56 Å². The molecule has 0 saturated heterocycles. The topological polar surface area (TPSA) is 22.0 Å². The highest BCUT2D eigenvalue weighted by Crippen LogP contribution is 2.26. The van der Waals surface area contributed by atoms with Crippen LogP contribution in [-0.2, 0) is 11.7 Å². The van der Waals surface area contributed by atoms with Crippen LogP contribution in [-0.4, -0.2) is 4.57 Å². The molecule has 0 amide bonds. The van der Waals surface area contributed by atoms with Crippen molar-refractivity contribution in [3.05, 3.63) is 34.2 Å². The van der Waals surface area contributed by atoms with Gasteiger partial charge in [-0.15, -0.1) is 0 Å². The number of hydrogen-bond donors (Lipinski definition) is 0. The molecule has 1 aromatic heterocycles. The Kier molecular flexibility index (Phi) is 2.67. The van der Waals surface area contributed by atoms with Gasteiger partial charge in [0.25, 0.3) is 5.56 Å². The summed E-state index contributed by atoms with van der Waals surface area (Å²) >= 11 is 0. The molecular formula is C10H12F3NO. The molecular weight excluding hydrogens is 207 g/mol. The number of aromatic nitrogens is 1. The Hall–Kier alpha value is -1.26. The zero-order valence-corrected chi connectivity index (χ0v) is 8.72. The summed E-state index contributed by atoms with van der Waals surface area (Å²) < 4.78 is 38.3. The van der Waals surface area contributed by atoms with Crippen LogP contribution in [0.15, 0.2) is 23.1 Å². The van der Waals surface area contributed by atoms with Crippen LogP contribution in [0.3, 0.4) is 0 Å². The van der Waals surface area contributed by atoms with E-state index in [0.717, 1.165) is 10.6 Å². The first-order chi connectivity index (χ1) is 6.64. The summed E-state index contributed by atoms with van der Waals surface area (Å²) in [6, 6.07) is 2.03. The molecule has 2 nitrogen and oxygen atoms in total. The molecule has 5 heteroatoms. The van der Waals surface area contributed by atoms with Crippen molar-refractivity contribution < 1.29 is 13.2 Å². The van der Waals surface area contributed by atoms with Gasteiger partial charge in [-0.3, -0.25) is 4.79 Å². The Bertz CT molecular complexity index is 377. The lowest BCUT2D eigenvalue weighted by Crippen LogP contribution is -2.37. The Morgan fingerprint density at radius 3 is 2.13 bits per heavy atom. The zero-order chi connectivity index (χ0) is 11.9. The van der Waals surface area contributed by atoms with E-state index in [1.807, 2.05) is 0 Å². The van der Waals surface area contributed by atoms with Gasteiger partial charge in [0.2, 0.25) is 0 Å². The second-order valence-corrected chi connectivity index (χ2v) is 4.27. The second-order valence-electron chi connectivity index (χ2n) is 4.27. The van der Waals surface area contributed by atoms with Gasteiger partial charge in [-0.2, -0.15) is 13.2 Å². The molecule has 1 aromatic rings. The predicted octanol–water partition coefficient (Wildman–Crippen LogP) is 2.62. The smallest absolute Gasteiger partial charge is 0.310 e. The van der Waals surface area contributed by atoms with E-state index in [9.17, 15) is 18.0 Å². The number of pyridine rings is 1. The van der Waals surface area contributed by atoms with Gasteiger partial charge in [-0.25, -0.2) is 0 Å². The van der Waals surface area contributed by atoms with Crippen LogP contribution in [0.1, 0.15) is 26.3 Å². The van der Waals surface area contributed by atoms with Gasteiger partial charge in [-0.1, -0.05) is 0 Å². The normalized spacial score (nSPS) is 12.9. The van der Waals surface area contributed by atoms with Crippen molar-refractivity contribution in [2.24, 2.45) is 0 Å². The number of nitrogens with zero attached hydrogens (tertiary/aromatic N) is 1. The Balaban J connectivity index is 3.44. The first kappa shape index (κ1) is 11.8. The molecule has 15 heavy (non-hydrogen) atoms. The number of alkyl halides is 3. The summed E-state index contributed by atoms with van der Waals surface area (Å²) in [4.78, 5) is 11.5. The highest BCUT2D eigenvalue weighted by molar-refractivity contribution is 5.15. The van der Waals surface area contributed by atoms with Crippen LogP contribution in [0.5, 0.6) is 0 Å². The molecule has 0 unspecified atom stereocenters. The summed E-state index contributed by atoms with van der Waals surface area (Å²) in [6.07, 6.45) is -3.23. The molecule has 0 fully saturated rings. The van der Waals surface area contributed by atoms with Crippen molar-refractivity contribution in [2.45, 2.75) is 32.5 Å². The maximum atomic E-state index is 12.4. The fraction of sp³-hybridized carbons (Fsp3) is 0.500. The third kappa shape index (κ3) is 2.40. The van der Waals surface area contributed by atoms with Crippen LogP contribution in [0.4, 0.5) is 13.2 Å². The summed E-state index contributed by atoms with van der Waals surface area (Å²) in [5.41, 5.74) is -2.78. The summed E-state index contributed by atoms with van der Waals surface area (Å²) in [5.74, 6) is 0. The molecule has 0 N–H and O–H groups in total. The molecule has 0 aromatic carbocycles. The van der Waals surface area contributed by atoms with Gasteiger partial charge in [0.05, 0.1) is 0 Å². The lowest BCUT2D eigenvalue weighted by atomic mass is 10.1. The first-order valence-corrected chi connectivity index (χ1v) is 4.43. The van der Waals surface area contributed by atoms with Gasteiger partial charge >= 0.3 is 6.18 Å². The predicted molar refractivity (Wildman–Crippen MR) is 50.7 cm³/mol. The van der Waals surface area contributed by atoms with Crippen molar-refractivity contribution >= 4 is 0 Å². The minimum atomic E-state index is -4.59. The van der Waals surface area contributed by atoms with Gasteiger partial charge in [0, 0.05) is 11.7 Å². The second kappa shape index (κ2) is 3.40. The van der Waals surface area contributed by atoms with Gasteiger partial charge in [0.1, 0.15) is 5.56 Å². The van der Waals surface area contributed by atoms with E-state index in [1.165, 1.54) is 12.3 Å². The van der Waals surface area contributed by atoms with Crippen LogP contribution in [0.2, 0.25) is 0 Å². The largest absolute Gasteiger partial charge is 0.421 e. The highest BCUT2D eigenvalue weighted by atomic mass is 19.4.